The number of benzene rings is 3. The molecule has 5 rings (SSSR count). The molecule has 1 unspecified atom stereocenters. The van der Waals surface area contributed by atoms with Crippen molar-refractivity contribution in [3.63, 3.8) is 0 Å². The van der Waals surface area contributed by atoms with Gasteiger partial charge >= 0.3 is 6.18 Å². The molecule has 9 heteroatoms. The zero-order chi connectivity index (χ0) is 24.1. The fraction of sp³-hybridized carbons (Fsp3) is 0.120. The molecule has 0 saturated carbocycles. The van der Waals surface area contributed by atoms with Gasteiger partial charge in [-0.2, -0.15) is 18.3 Å². The molecule has 3 aromatic carbocycles. The van der Waals surface area contributed by atoms with Crippen LogP contribution in [0.1, 0.15) is 11.1 Å². The average molecular weight is 467 g/mol. The van der Waals surface area contributed by atoms with Gasteiger partial charge in [-0.25, -0.2) is 9.07 Å². The maximum Gasteiger partial charge on any atom is 0.425 e. The van der Waals surface area contributed by atoms with Crippen LogP contribution in [-0.2, 0) is 16.9 Å². The summed E-state index contributed by atoms with van der Waals surface area (Å²) in [5.41, 5.74) is -2.68. The Hall–Kier alpha value is -3.98. The van der Waals surface area contributed by atoms with Gasteiger partial charge in [0.2, 0.25) is 5.60 Å². The lowest BCUT2D eigenvalue weighted by Gasteiger charge is -2.31. The number of nitrogens with zero attached hydrogens (tertiary/aromatic N) is 3. The fourth-order valence-corrected chi connectivity index (χ4v) is 4.28. The Morgan fingerprint density at radius 3 is 2.41 bits per heavy atom. The van der Waals surface area contributed by atoms with Crippen LogP contribution in [-0.4, -0.2) is 31.9 Å². The van der Waals surface area contributed by atoms with Crippen LogP contribution in [0.2, 0.25) is 0 Å². The first-order valence-electron chi connectivity index (χ1n) is 10.3. The van der Waals surface area contributed by atoms with Crippen LogP contribution in [0.15, 0.2) is 79.1 Å². The minimum Gasteiger partial charge on any atom is -0.372 e. The Morgan fingerprint density at radius 2 is 1.71 bits per heavy atom. The van der Waals surface area contributed by atoms with Crippen molar-refractivity contribution in [3.05, 3.63) is 96.1 Å². The smallest absolute Gasteiger partial charge is 0.372 e. The first kappa shape index (κ1) is 21.8. The minimum absolute atomic E-state index is 0.155. The standard InChI is InChI=1S/C25H17F4N3O2/c26-18-6-8-19(9-7-18)32-22-10-5-17(13-16(22)14-30-32)24(34,25(27,28)29)21-15-31(11-12-33)23-4-2-1-3-20(21)23/h1-10,12-15,34H,11H2. The molecule has 0 fully saturated rings. The summed E-state index contributed by atoms with van der Waals surface area (Å²) >= 11 is 0. The first-order valence-corrected chi connectivity index (χ1v) is 10.3. The Balaban J connectivity index is 1.71. The van der Waals surface area contributed by atoms with Crippen molar-refractivity contribution in [1.82, 2.24) is 14.3 Å². The molecule has 2 heterocycles. The van der Waals surface area contributed by atoms with Crippen LogP contribution < -0.4 is 0 Å². The maximum atomic E-state index is 14.5. The second-order valence-electron chi connectivity index (χ2n) is 7.89. The number of rotatable bonds is 5. The van der Waals surface area contributed by atoms with Gasteiger partial charge in [0.05, 0.1) is 23.9 Å². The lowest BCUT2D eigenvalue weighted by Crippen LogP contribution is -2.43. The quantitative estimate of drug-likeness (QED) is 0.289. The predicted molar refractivity (Wildman–Crippen MR) is 118 cm³/mol. The lowest BCUT2D eigenvalue weighted by molar-refractivity contribution is -0.247. The van der Waals surface area contributed by atoms with Crippen LogP contribution >= 0.6 is 0 Å². The molecular weight excluding hydrogens is 450 g/mol. The van der Waals surface area contributed by atoms with Gasteiger partial charge in [-0.3, -0.25) is 0 Å². The SMILES string of the molecule is O=CCn1cc(C(O)(c2ccc3c(cnn3-c3ccc(F)cc3)c2)C(F)(F)F)c2ccccc21. The van der Waals surface area contributed by atoms with E-state index in [4.69, 9.17) is 0 Å². The second-order valence-corrected chi connectivity index (χ2v) is 7.89. The summed E-state index contributed by atoms with van der Waals surface area (Å²) < 4.78 is 59.7. The van der Waals surface area contributed by atoms with Gasteiger partial charge in [0, 0.05) is 28.0 Å². The topological polar surface area (TPSA) is 60.1 Å². The Labute approximate surface area is 190 Å². The van der Waals surface area contributed by atoms with Gasteiger partial charge in [-0.05, 0) is 48.0 Å². The molecule has 0 aliphatic carbocycles. The van der Waals surface area contributed by atoms with E-state index in [-0.39, 0.29) is 23.1 Å². The van der Waals surface area contributed by atoms with E-state index >= 15 is 0 Å². The van der Waals surface area contributed by atoms with Crippen LogP contribution in [0.3, 0.4) is 0 Å². The van der Waals surface area contributed by atoms with Crippen molar-refractivity contribution >= 4 is 28.1 Å². The molecule has 5 aromatic rings. The normalized spacial score (nSPS) is 13.9. The highest BCUT2D eigenvalue weighted by atomic mass is 19.4. The van der Waals surface area contributed by atoms with Crippen LogP contribution in [0.4, 0.5) is 17.6 Å². The van der Waals surface area contributed by atoms with Crippen molar-refractivity contribution in [2.75, 3.05) is 0 Å². The largest absolute Gasteiger partial charge is 0.425 e. The molecule has 0 aliphatic rings. The van der Waals surface area contributed by atoms with Crippen molar-refractivity contribution in [2.45, 2.75) is 18.3 Å². The van der Waals surface area contributed by atoms with E-state index in [0.29, 0.717) is 28.4 Å². The van der Waals surface area contributed by atoms with E-state index < -0.39 is 17.6 Å². The third-order valence-electron chi connectivity index (χ3n) is 5.92. The molecule has 0 bridgehead atoms. The zero-order valence-electron chi connectivity index (χ0n) is 17.5. The van der Waals surface area contributed by atoms with Crippen molar-refractivity contribution in [1.29, 1.82) is 0 Å². The van der Waals surface area contributed by atoms with Gasteiger partial charge in [-0.15, -0.1) is 0 Å². The van der Waals surface area contributed by atoms with Crippen LogP contribution in [0.25, 0.3) is 27.5 Å². The molecule has 0 radical (unpaired) electrons. The van der Waals surface area contributed by atoms with E-state index in [0.717, 1.165) is 0 Å². The van der Waals surface area contributed by atoms with E-state index in [1.165, 1.54) is 70.2 Å². The number of para-hydroxylation sites is 1. The first-order chi connectivity index (χ1) is 16.2. The van der Waals surface area contributed by atoms with Gasteiger partial charge < -0.3 is 14.5 Å². The average Bonchev–Trinajstić information content (AvgIpc) is 3.40. The second kappa shape index (κ2) is 7.81. The number of carbonyl (C=O) groups excluding carboxylic acids is 1. The molecule has 2 aromatic heterocycles. The van der Waals surface area contributed by atoms with Gasteiger partial charge in [0.15, 0.2) is 0 Å². The van der Waals surface area contributed by atoms with E-state index in [1.807, 2.05) is 0 Å². The summed E-state index contributed by atoms with van der Waals surface area (Å²) in [4.78, 5) is 11.1. The van der Waals surface area contributed by atoms with Crippen LogP contribution in [0, 0.1) is 5.82 Å². The third-order valence-corrected chi connectivity index (χ3v) is 5.92. The molecule has 1 N–H and O–H groups in total. The number of fused-ring (bicyclic) bond motifs is 2. The molecular formula is C25H17F4N3O2. The van der Waals surface area contributed by atoms with Gasteiger partial charge in [-0.1, -0.05) is 24.3 Å². The summed E-state index contributed by atoms with van der Waals surface area (Å²) in [6.07, 6.45) is -1.93. The van der Waals surface area contributed by atoms with E-state index in [9.17, 15) is 27.5 Å². The number of hydrogen-bond acceptors (Lipinski definition) is 3. The number of aldehydes is 1. The predicted octanol–water partition coefficient (Wildman–Crippen LogP) is 5.12. The highest BCUT2D eigenvalue weighted by Crippen LogP contribution is 2.47. The van der Waals surface area contributed by atoms with E-state index in [1.54, 1.807) is 18.2 Å². The van der Waals surface area contributed by atoms with Crippen molar-refractivity contribution < 1.29 is 27.5 Å². The number of alkyl halides is 3. The third kappa shape index (κ3) is 3.28. The summed E-state index contributed by atoms with van der Waals surface area (Å²) in [5.74, 6) is -0.425. The lowest BCUT2D eigenvalue weighted by atomic mass is 9.85. The molecule has 172 valence electrons. The summed E-state index contributed by atoms with van der Waals surface area (Å²) in [6.45, 7) is -0.155. The highest BCUT2D eigenvalue weighted by Gasteiger charge is 2.57. The molecule has 0 saturated heterocycles. The summed E-state index contributed by atoms with van der Waals surface area (Å²) in [5, 5.41) is 16.1. The molecule has 5 nitrogen and oxygen atoms in total. The Kier molecular flexibility index (Phi) is 5.02. The van der Waals surface area contributed by atoms with Gasteiger partial charge in [0.1, 0.15) is 12.1 Å². The fourth-order valence-electron chi connectivity index (χ4n) is 4.28. The molecule has 1 atom stereocenters. The molecule has 0 spiro atoms. The molecule has 34 heavy (non-hydrogen) atoms. The van der Waals surface area contributed by atoms with Crippen molar-refractivity contribution in [2.24, 2.45) is 0 Å². The highest BCUT2D eigenvalue weighted by molar-refractivity contribution is 5.87. The summed E-state index contributed by atoms with van der Waals surface area (Å²) in [7, 11) is 0. The monoisotopic (exact) mass is 467 g/mol. The Morgan fingerprint density at radius 1 is 0.971 bits per heavy atom. The summed E-state index contributed by atoms with van der Waals surface area (Å²) in [6, 6.07) is 15.7. The molecule has 0 amide bonds. The number of hydrogen-bond donors (Lipinski definition) is 1. The number of aromatic nitrogens is 3. The minimum atomic E-state index is -5.07. The number of aliphatic hydroxyl groups is 1. The number of halogens is 4. The van der Waals surface area contributed by atoms with Gasteiger partial charge in [0.25, 0.3) is 0 Å². The molecule has 0 aliphatic heterocycles. The van der Waals surface area contributed by atoms with Crippen molar-refractivity contribution in [3.8, 4) is 5.69 Å². The van der Waals surface area contributed by atoms with Crippen LogP contribution in [0.5, 0.6) is 0 Å². The number of carbonyl (C=O) groups is 1. The zero-order valence-corrected chi connectivity index (χ0v) is 17.5. The maximum absolute atomic E-state index is 14.5. The Bertz CT molecular complexity index is 1520. The van der Waals surface area contributed by atoms with E-state index in [2.05, 4.69) is 5.10 Å².